The van der Waals surface area contributed by atoms with Crippen molar-refractivity contribution in [1.29, 1.82) is 0 Å². The highest BCUT2D eigenvalue weighted by molar-refractivity contribution is 8.78. The molecule has 1 aromatic rings. The van der Waals surface area contributed by atoms with Crippen LogP contribution in [-0.4, -0.2) is 13.7 Å². The van der Waals surface area contributed by atoms with Crippen molar-refractivity contribution < 1.29 is 9.47 Å². The molecule has 0 N–H and O–H groups in total. The van der Waals surface area contributed by atoms with E-state index in [0.717, 1.165) is 21.3 Å². The van der Waals surface area contributed by atoms with Gasteiger partial charge in [-0.3, -0.25) is 0 Å². The number of para-hydroxylation sites is 1. The van der Waals surface area contributed by atoms with E-state index in [1.54, 1.807) is 40.8 Å². The number of benzene rings is 1. The summed E-state index contributed by atoms with van der Waals surface area (Å²) in [7, 11) is 4.87. The second-order valence-corrected chi connectivity index (χ2v) is 5.64. The summed E-state index contributed by atoms with van der Waals surface area (Å²) in [5.74, 6) is 1.53. The van der Waals surface area contributed by atoms with Crippen LogP contribution in [0.25, 0.3) is 0 Å². The number of allylic oxidation sites excluding steroid dienone is 3. The first kappa shape index (κ1) is 15.8. The van der Waals surface area contributed by atoms with Gasteiger partial charge >= 0.3 is 0 Å². The Morgan fingerprint density at radius 1 is 1.37 bits per heavy atom. The quantitative estimate of drug-likeness (QED) is 0.491. The van der Waals surface area contributed by atoms with Gasteiger partial charge in [0.05, 0.1) is 18.6 Å². The van der Waals surface area contributed by atoms with Crippen molar-refractivity contribution in [3.63, 3.8) is 0 Å². The van der Waals surface area contributed by atoms with Crippen molar-refractivity contribution in [3.8, 4) is 11.5 Å². The van der Waals surface area contributed by atoms with Gasteiger partial charge in [-0.2, -0.15) is 0 Å². The zero-order chi connectivity index (χ0) is 14.1. The third kappa shape index (κ3) is 4.73. The number of hydrogen-bond acceptors (Lipinski definition) is 4. The second-order valence-electron chi connectivity index (χ2n) is 3.40. The first-order valence-electron chi connectivity index (χ1n) is 5.86. The van der Waals surface area contributed by atoms with Crippen LogP contribution in [-0.2, 0) is 0 Å². The average molecular weight is 294 g/mol. The summed E-state index contributed by atoms with van der Waals surface area (Å²) >= 11 is 0. The van der Waals surface area contributed by atoms with Crippen LogP contribution in [0.3, 0.4) is 0 Å². The normalized spacial score (nSPS) is 10.9. The first-order chi connectivity index (χ1) is 9.26. The van der Waals surface area contributed by atoms with E-state index in [9.17, 15) is 0 Å². The average Bonchev–Trinajstić information content (AvgIpc) is 2.44. The Kier molecular flexibility index (Phi) is 7.30. The summed E-state index contributed by atoms with van der Waals surface area (Å²) in [6.45, 7) is 10.0. The molecule has 0 amide bonds. The molecule has 0 aliphatic carbocycles. The highest BCUT2D eigenvalue weighted by Gasteiger charge is 2.11. The van der Waals surface area contributed by atoms with E-state index in [-0.39, 0.29) is 0 Å². The predicted octanol–water partition coefficient (Wildman–Crippen LogP) is 5.09. The van der Waals surface area contributed by atoms with Gasteiger partial charge in [0.15, 0.2) is 11.5 Å². The van der Waals surface area contributed by atoms with Crippen molar-refractivity contribution in [2.45, 2.75) is 11.8 Å². The van der Waals surface area contributed by atoms with E-state index in [2.05, 4.69) is 13.2 Å². The summed E-state index contributed by atoms with van der Waals surface area (Å²) in [5.41, 5.74) is 0. The number of hydrogen-bond donors (Lipinski definition) is 0. The van der Waals surface area contributed by atoms with Gasteiger partial charge in [0.25, 0.3) is 0 Å². The molecular formula is C15H18O2S2. The lowest BCUT2D eigenvalue weighted by atomic mass is 10.3. The fourth-order valence-electron chi connectivity index (χ4n) is 1.37. The van der Waals surface area contributed by atoms with E-state index < -0.39 is 0 Å². The minimum absolute atomic E-state index is 0.617. The Morgan fingerprint density at radius 2 is 2.16 bits per heavy atom. The molecule has 102 valence electrons. The molecule has 0 heterocycles. The van der Waals surface area contributed by atoms with E-state index in [0.29, 0.717) is 6.61 Å². The molecule has 0 radical (unpaired) electrons. The third-order valence-corrected chi connectivity index (χ3v) is 4.60. The van der Waals surface area contributed by atoms with Crippen LogP contribution < -0.4 is 9.47 Å². The van der Waals surface area contributed by atoms with E-state index in [4.69, 9.17) is 9.47 Å². The van der Waals surface area contributed by atoms with Gasteiger partial charge in [0.1, 0.15) is 0 Å². The molecule has 0 spiro atoms. The van der Waals surface area contributed by atoms with Crippen molar-refractivity contribution in [2.24, 2.45) is 0 Å². The van der Waals surface area contributed by atoms with Gasteiger partial charge in [-0.05, 0) is 35.9 Å². The molecule has 2 nitrogen and oxygen atoms in total. The summed E-state index contributed by atoms with van der Waals surface area (Å²) in [6.07, 6.45) is 5.47. The fraction of sp³-hybridized carbons (Fsp3) is 0.200. The Morgan fingerprint density at radius 3 is 2.74 bits per heavy atom. The van der Waals surface area contributed by atoms with Crippen molar-refractivity contribution in [1.82, 2.24) is 0 Å². The molecule has 0 aromatic heterocycles. The zero-order valence-corrected chi connectivity index (χ0v) is 12.9. The first-order valence-corrected chi connectivity index (χ1v) is 8.01. The van der Waals surface area contributed by atoms with Crippen LogP contribution >= 0.6 is 21.6 Å². The maximum Gasteiger partial charge on any atom is 0.175 e. The van der Waals surface area contributed by atoms with Gasteiger partial charge in [0.2, 0.25) is 0 Å². The maximum atomic E-state index is 5.55. The molecular weight excluding hydrogens is 276 g/mol. The van der Waals surface area contributed by atoms with Crippen LogP contribution in [0.15, 0.2) is 59.4 Å². The molecule has 0 saturated heterocycles. The Hall–Kier alpha value is -1.26. The lowest BCUT2D eigenvalue weighted by Crippen LogP contribution is -1.95. The minimum Gasteiger partial charge on any atom is -0.492 e. The summed E-state index contributed by atoms with van der Waals surface area (Å²) < 4.78 is 11.0. The summed E-state index contributed by atoms with van der Waals surface area (Å²) in [6, 6.07) is 5.87. The fourth-order valence-corrected chi connectivity index (χ4v) is 3.49. The zero-order valence-electron chi connectivity index (χ0n) is 11.2. The Bertz CT molecular complexity index is 467. The molecule has 0 saturated carbocycles. The molecule has 19 heavy (non-hydrogen) atoms. The van der Waals surface area contributed by atoms with E-state index in [1.165, 1.54) is 0 Å². The molecule has 0 unspecified atom stereocenters. The molecule has 0 fully saturated rings. The third-order valence-electron chi connectivity index (χ3n) is 2.16. The lowest BCUT2D eigenvalue weighted by molar-refractivity contribution is 0.307. The van der Waals surface area contributed by atoms with Gasteiger partial charge in [-0.25, -0.2) is 0 Å². The Labute approximate surface area is 123 Å². The largest absolute Gasteiger partial charge is 0.492 e. The van der Waals surface area contributed by atoms with Crippen LogP contribution in [0.2, 0.25) is 0 Å². The van der Waals surface area contributed by atoms with Crippen LogP contribution in [0.1, 0.15) is 6.92 Å². The van der Waals surface area contributed by atoms with E-state index >= 15 is 0 Å². The summed E-state index contributed by atoms with van der Waals surface area (Å²) in [5, 5.41) is 0. The molecule has 0 bridgehead atoms. The van der Waals surface area contributed by atoms with Crippen LogP contribution in [0, 0.1) is 0 Å². The SMILES string of the molecule is C=C/C=C(\C=C)SSc1cccc(OCC)c1OC. The van der Waals surface area contributed by atoms with Gasteiger partial charge in [-0.1, -0.05) is 42.2 Å². The van der Waals surface area contributed by atoms with Crippen LogP contribution in [0.4, 0.5) is 0 Å². The maximum absolute atomic E-state index is 5.55. The number of rotatable bonds is 8. The molecule has 0 aliphatic heterocycles. The van der Waals surface area contributed by atoms with Gasteiger partial charge < -0.3 is 9.47 Å². The lowest BCUT2D eigenvalue weighted by Gasteiger charge is -2.12. The Balaban J connectivity index is 2.88. The van der Waals surface area contributed by atoms with Crippen molar-refractivity contribution in [2.75, 3.05) is 13.7 Å². The minimum atomic E-state index is 0.617. The monoisotopic (exact) mass is 294 g/mol. The highest BCUT2D eigenvalue weighted by atomic mass is 33.1. The van der Waals surface area contributed by atoms with Gasteiger partial charge in [-0.15, -0.1) is 0 Å². The second kappa shape index (κ2) is 8.77. The van der Waals surface area contributed by atoms with Gasteiger partial charge in [0, 0.05) is 4.91 Å². The molecule has 1 aromatic carbocycles. The molecule has 1 rings (SSSR count). The molecule has 4 heteroatoms. The van der Waals surface area contributed by atoms with Crippen LogP contribution in [0.5, 0.6) is 11.5 Å². The predicted molar refractivity (Wildman–Crippen MR) is 86.1 cm³/mol. The number of methoxy groups -OCH3 is 1. The van der Waals surface area contributed by atoms with Crippen molar-refractivity contribution in [3.05, 3.63) is 54.5 Å². The topological polar surface area (TPSA) is 18.5 Å². The van der Waals surface area contributed by atoms with E-state index in [1.807, 2.05) is 31.2 Å². The molecule has 0 atom stereocenters. The highest BCUT2D eigenvalue weighted by Crippen LogP contribution is 2.45. The standard InChI is InChI=1S/C15H18O2S2/c1-5-9-12(6-2)18-19-14-11-8-10-13(17-7-3)15(14)16-4/h5-6,8-11H,1-2,7H2,3-4H3/b12-9+. The summed E-state index contributed by atoms with van der Waals surface area (Å²) in [4.78, 5) is 2.07. The molecule has 0 aliphatic rings. The van der Waals surface area contributed by atoms with Crippen molar-refractivity contribution >= 4 is 21.6 Å². The number of ether oxygens (including phenoxy) is 2. The smallest absolute Gasteiger partial charge is 0.175 e.